The Balaban J connectivity index is 1.28. The second kappa shape index (κ2) is 13.5. The van der Waals surface area contributed by atoms with Gasteiger partial charge in [0.1, 0.15) is 34.9 Å². The quantitative estimate of drug-likeness (QED) is 0.139. The van der Waals surface area contributed by atoms with Crippen LogP contribution in [0.1, 0.15) is 60.3 Å². The van der Waals surface area contributed by atoms with Crippen molar-refractivity contribution in [2.45, 2.75) is 30.8 Å². The molecular weight excluding hydrogens is 635 g/mol. The first-order valence-corrected chi connectivity index (χ1v) is 17.0. The van der Waals surface area contributed by atoms with E-state index in [-0.39, 0.29) is 23.9 Å². The summed E-state index contributed by atoms with van der Waals surface area (Å²) < 4.78 is 12.0. The highest BCUT2D eigenvalue weighted by molar-refractivity contribution is 6.34. The summed E-state index contributed by atoms with van der Waals surface area (Å²) in [5.41, 5.74) is 4.89. The molecule has 0 saturated heterocycles. The van der Waals surface area contributed by atoms with Crippen LogP contribution in [0.2, 0.25) is 0 Å². The summed E-state index contributed by atoms with van der Waals surface area (Å²) in [4.78, 5) is 42.9. The third-order valence-corrected chi connectivity index (χ3v) is 9.84. The highest BCUT2D eigenvalue weighted by Crippen LogP contribution is 2.47. The van der Waals surface area contributed by atoms with Gasteiger partial charge in [0.2, 0.25) is 0 Å². The van der Waals surface area contributed by atoms with Crippen molar-refractivity contribution in [3.63, 3.8) is 0 Å². The highest BCUT2D eigenvalue weighted by Gasteiger charge is 2.55. The number of aromatic amines is 1. The summed E-state index contributed by atoms with van der Waals surface area (Å²) in [7, 11) is 1.61. The van der Waals surface area contributed by atoms with Crippen LogP contribution >= 0.6 is 0 Å². The normalized spacial score (nSPS) is 15.9. The Hall–Kier alpha value is -6.34. The fourth-order valence-corrected chi connectivity index (χ4v) is 7.28. The number of ketones is 2. The topological polar surface area (TPSA) is 94.2 Å². The molecule has 0 aliphatic heterocycles. The molecular formula is C44H35N3O4. The maximum absolute atomic E-state index is 15.0. The number of Topliss-reactive ketones (excluding diaryl/α,β-unsaturated/α-hetero) is 2. The van der Waals surface area contributed by atoms with E-state index in [1.165, 1.54) is 0 Å². The molecule has 250 valence electrons. The maximum Gasteiger partial charge on any atom is 0.182 e. The standard InChI is InChI=1S/C44H35N3O4/c1-50-38-20-19-37(39-40(38)47-43(46-39)35(32-15-9-4-10-16-32)25-29-11-5-2-6-12-29)44(27-30-21-23-45-24-22-30)41(48)34-18-17-33(26-36(34)42(44)49)51-28-31-13-7-3-8-14-31/h2-24,26,35H,25,27-28H2,1H3,(H,46,47). The fourth-order valence-electron chi connectivity index (χ4n) is 7.28. The molecule has 0 fully saturated rings. The van der Waals surface area contributed by atoms with Crippen LogP contribution in [-0.2, 0) is 24.9 Å². The maximum atomic E-state index is 15.0. The van der Waals surface area contributed by atoms with Crippen LogP contribution in [0.25, 0.3) is 11.0 Å². The minimum Gasteiger partial charge on any atom is -0.494 e. The van der Waals surface area contributed by atoms with Gasteiger partial charge < -0.3 is 14.5 Å². The summed E-state index contributed by atoms with van der Waals surface area (Å²) in [6.45, 7) is 0.338. The predicted octanol–water partition coefficient (Wildman–Crippen LogP) is 8.48. The van der Waals surface area contributed by atoms with E-state index in [0.29, 0.717) is 52.3 Å². The molecule has 2 atom stereocenters. The van der Waals surface area contributed by atoms with Crippen molar-refractivity contribution in [2.24, 2.45) is 0 Å². The number of H-pyrrole nitrogens is 1. The summed E-state index contributed by atoms with van der Waals surface area (Å²) in [5, 5.41) is 0. The first kappa shape index (κ1) is 31.9. The number of fused-ring (bicyclic) bond motifs is 2. The van der Waals surface area contributed by atoms with Crippen molar-refractivity contribution < 1.29 is 19.1 Å². The number of aromatic nitrogens is 3. The Morgan fingerprint density at radius 2 is 1.37 bits per heavy atom. The van der Waals surface area contributed by atoms with Crippen LogP contribution in [0.3, 0.4) is 0 Å². The number of pyridine rings is 1. The van der Waals surface area contributed by atoms with Gasteiger partial charge >= 0.3 is 0 Å². The van der Waals surface area contributed by atoms with Crippen molar-refractivity contribution in [2.75, 3.05) is 7.11 Å². The summed E-state index contributed by atoms with van der Waals surface area (Å²) >= 11 is 0. The van der Waals surface area contributed by atoms with E-state index in [1.54, 1.807) is 37.7 Å². The lowest BCUT2D eigenvalue weighted by molar-refractivity contribution is 0.0794. The largest absolute Gasteiger partial charge is 0.494 e. The average molecular weight is 670 g/mol. The Kier molecular flexibility index (Phi) is 8.46. The van der Waals surface area contributed by atoms with Gasteiger partial charge in [-0.1, -0.05) is 97.1 Å². The van der Waals surface area contributed by atoms with Gasteiger partial charge in [0.25, 0.3) is 0 Å². The molecule has 1 aliphatic carbocycles. The first-order valence-electron chi connectivity index (χ1n) is 17.0. The number of hydrogen-bond donors (Lipinski definition) is 1. The van der Waals surface area contributed by atoms with Gasteiger partial charge in [-0.05, 0) is 71.5 Å². The van der Waals surface area contributed by atoms with Crippen LogP contribution in [0.4, 0.5) is 0 Å². The minimum absolute atomic E-state index is 0.133. The Morgan fingerprint density at radius 1 is 0.706 bits per heavy atom. The Bertz CT molecular complexity index is 2340. The molecule has 7 aromatic rings. The zero-order valence-electron chi connectivity index (χ0n) is 28.1. The molecule has 0 radical (unpaired) electrons. The van der Waals surface area contributed by atoms with Crippen molar-refractivity contribution in [1.82, 2.24) is 15.0 Å². The molecule has 0 saturated carbocycles. The van der Waals surface area contributed by atoms with Crippen molar-refractivity contribution in [1.29, 1.82) is 0 Å². The molecule has 0 amide bonds. The second-order valence-corrected chi connectivity index (χ2v) is 12.9. The molecule has 2 heterocycles. The third-order valence-electron chi connectivity index (χ3n) is 9.84. The number of carbonyl (C=O) groups is 2. The number of nitrogens with zero attached hydrogens (tertiary/aromatic N) is 2. The minimum atomic E-state index is -1.58. The van der Waals surface area contributed by atoms with E-state index in [1.807, 2.05) is 91.0 Å². The Morgan fingerprint density at radius 3 is 2.08 bits per heavy atom. The third kappa shape index (κ3) is 5.87. The molecule has 2 unspecified atom stereocenters. The highest BCUT2D eigenvalue weighted by atomic mass is 16.5. The first-order chi connectivity index (χ1) is 25.0. The molecule has 8 rings (SSSR count). The van der Waals surface area contributed by atoms with Gasteiger partial charge in [-0.2, -0.15) is 0 Å². The Labute approximate surface area is 296 Å². The number of hydrogen-bond acceptors (Lipinski definition) is 6. The van der Waals surface area contributed by atoms with E-state index < -0.39 is 5.41 Å². The lowest BCUT2D eigenvalue weighted by Crippen LogP contribution is -2.41. The molecule has 1 aliphatic rings. The van der Waals surface area contributed by atoms with E-state index in [2.05, 4.69) is 34.2 Å². The number of methoxy groups -OCH3 is 1. The monoisotopic (exact) mass is 669 g/mol. The van der Waals surface area contributed by atoms with Crippen LogP contribution < -0.4 is 9.47 Å². The fraction of sp³-hybridized carbons (Fsp3) is 0.136. The van der Waals surface area contributed by atoms with Gasteiger partial charge in [-0.3, -0.25) is 14.6 Å². The van der Waals surface area contributed by atoms with Crippen LogP contribution in [0, 0.1) is 0 Å². The molecule has 1 N–H and O–H groups in total. The van der Waals surface area contributed by atoms with E-state index >= 15 is 4.79 Å². The van der Waals surface area contributed by atoms with E-state index in [0.717, 1.165) is 28.1 Å². The van der Waals surface area contributed by atoms with E-state index in [4.69, 9.17) is 14.5 Å². The zero-order chi connectivity index (χ0) is 34.8. The van der Waals surface area contributed by atoms with Gasteiger partial charge in [0, 0.05) is 35.0 Å². The van der Waals surface area contributed by atoms with Crippen LogP contribution in [0.5, 0.6) is 11.5 Å². The van der Waals surface area contributed by atoms with Gasteiger partial charge in [-0.15, -0.1) is 0 Å². The molecule has 2 aromatic heterocycles. The van der Waals surface area contributed by atoms with Gasteiger partial charge in [-0.25, -0.2) is 4.98 Å². The van der Waals surface area contributed by atoms with Crippen molar-refractivity contribution in [3.05, 3.63) is 191 Å². The van der Waals surface area contributed by atoms with Crippen LogP contribution in [0.15, 0.2) is 146 Å². The molecule has 5 aromatic carbocycles. The molecule has 7 heteroatoms. The lowest BCUT2D eigenvalue weighted by atomic mass is 9.71. The summed E-state index contributed by atoms with van der Waals surface area (Å²) in [5.74, 6) is 1.12. The van der Waals surface area contributed by atoms with Crippen molar-refractivity contribution >= 4 is 22.6 Å². The number of imidazole rings is 1. The molecule has 0 bridgehead atoms. The molecule has 51 heavy (non-hydrogen) atoms. The molecule has 0 spiro atoms. The summed E-state index contributed by atoms with van der Waals surface area (Å²) in [6, 6.07) is 42.9. The second-order valence-electron chi connectivity index (χ2n) is 12.9. The predicted molar refractivity (Wildman–Crippen MR) is 197 cm³/mol. The summed E-state index contributed by atoms with van der Waals surface area (Å²) in [6.07, 6.45) is 4.19. The zero-order valence-corrected chi connectivity index (χ0v) is 28.1. The van der Waals surface area contributed by atoms with Crippen molar-refractivity contribution in [3.8, 4) is 11.5 Å². The number of ether oxygens (including phenoxy) is 2. The van der Waals surface area contributed by atoms with Crippen LogP contribution in [-0.4, -0.2) is 33.6 Å². The van der Waals surface area contributed by atoms with Gasteiger partial charge in [0.15, 0.2) is 11.6 Å². The number of carbonyl (C=O) groups excluding carboxylic acids is 2. The number of benzene rings is 5. The number of nitrogens with one attached hydrogen (secondary N) is 1. The smallest absolute Gasteiger partial charge is 0.182 e. The number of rotatable bonds is 11. The average Bonchev–Trinajstić information content (AvgIpc) is 3.72. The van der Waals surface area contributed by atoms with Gasteiger partial charge in [0.05, 0.1) is 12.6 Å². The SMILES string of the molecule is COc1ccc(C2(Cc3ccncc3)C(=O)c3ccc(OCc4ccccc4)cc3C2=O)c2nc(C(Cc3ccccc3)c3ccccc3)[nH]c12. The molecule has 7 nitrogen and oxygen atoms in total. The lowest BCUT2D eigenvalue weighted by Gasteiger charge is -2.27. The van der Waals surface area contributed by atoms with E-state index in [9.17, 15) is 4.79 Å².